The highest BCUT2D eigenvalue weighted by molar-refractivity contribution is 7.47. The molecule has 0 aromatic heterocycles. The van der Waals surface area contributed by atoms with Crippen LogP contribution >= 0.6 is 15.6 Å². The Bertz CT molecular complexity index is 2990. The molecular weight excluding hydrogens is 1450 g/mol. The first-order chi connectivity index (χ1) is 54.7. The van der Waals surface area contributed by atoms with E-state index < -0.39 is 97.5 Å². The molecule has 0 radical (unpaired) electrons. The summed E-state index contributed by atoms with van der Waals surface area (Å²) in [6.07, 6.45) is 105. The molecule has 0 saturated heterocycles. The average molecular weight is 1600 g/mol. The van der Waals surface area contributed by atoms with Crippen molar-refractivity contribution in [2.75, 3.05) is 39.6 Å². The second-order valence-corrected chi connectivity index (χ2v) is 29.8. The number of ether oxygens (including phenoxy) is 4. The number of allylic oxidation sites excluding steroid dienone is 36. The Morgan fingerprint density at radius 2 is 0.438 bits per heavy atom. The molecule has 17 nitrogen and oxygen atoms in total. The first-order valence-corrected chi connectivity index (χ1v) is 45.0. The lowest BCUT2D eigenvalue weighted by atomic mass is 10.1. The van der Waals surface area contributed by atoms with Gasteiger partial charge in [-0.25, -0.2) is 9.13 Å². The predicted molar refractivity (Wildman–Crippen MR) is 463 cm³/mol. The minimum atomic E-state index is -5.02. The van der Waals surface area contributed by atoms with Crippen LogP contribution < -0.4 is 0 Å². The zero-order valence-electron chi connectivity index (χ0n) is 69.0. The van der Waals surface area contributed by atoms with Gasteiger partial charge in [0.25, 0.3) is 0 Å². The normalized spacial score (nSPS) is 14.9. The number of phosphoric ester groups is 2. The molecule has 3 N–H and O–H groups in total. The van der Waals surface area contributed by atoms with Gasteiger partial charge in [-0.3, -0.25) is 37.3 Å². The number of hydrogen-bond acceptors (Lipinski definition) is 15. The van der Waals surface area contributed by atoms with Gasteiger partial charge < -0.3 is 33.8 Å². The summed E-state index contributed by atoms with van der Waals surface area (Å²) in [5, 5.41) is 10.7. The number of phosphoric acid groups is 2. The molecule has 112 heavy (non-hydrogen) atoms. The van der Waals surface area contributed by atoms with E-state index >= 15 is 0 Å². The van der Waals surface area contributed by atoms with Gasteiger partial charge in [-0.15, -0.1) is 0 Å². The van der Waals surface area contributed by atoms with E-state index in [4.69, 9.17) is 37.0 Å². The maximum Gasteiger partial charge on any atom is 0.472 e. The lowest BCUT2D eigenvalue weighted by molar-refractivity contribution is -0.161. The van der Waals surface area contributed by atoms with Crippen LogP contribution in [0.15, 0.2) is 219 Å². The molecule has 19 heteroatoms. The number of esters is 4. The van der Waals surface area contributed by atoms with Crippen molar-refractivity contribution in [2.45, 2.75) is 303 Å². The molecule has 5 atom stereocenters. The second kappa shape index (κ2) is 82.4. The zero-order chi connectivity index (χ0) is 81.7. The second-order valence-electron chi connectivity index (χ2n) is 26.9. The number of carbonyl (C=O) groups excluding carboxylic acids is 4. The summed E-state index contributed by atoms with van der Waals surface area (Å²) in [6.45, 7) is 4.26. The Morgan fingerprint density at radius 1 is 0.250 bits per heavy atom. The third-order valence-corrected chi connectivity index (χ3v) is 18.3. The fourth-order valence-electron chi connectivity index (χ4n) is 10.2. The molecule has 0 aromatic carbocycles. The topological polar surface area (TPSA) is 237 Å². The standard InChI is InChI=1S/C93H146O17P2/c1-5-9-13-17-21-25-29-33-37-40-43-46-50-53-57-61-65-69-73-77-90(95)103-83-88(109-92(97)79-75-71-67-63-59-55-49-36-32-28-24-20-16-12-8-4)85-107-111(99,100)105-81-87(94)82-106-112(101,102)108-86-89(110-93(98)80-76-72-68-64-60-56-52-48-45-42-39-35-31-27-23-19-15-11-7-3)84-104-91(96)78-74-70-66-62-58-54-51-47-44-41-38-34-30-26-22-18-14-10-6-2/h9-16,21-28,33-39,43-49,53-54,57-59,63,87-89,94H,5-8,17-20,29-32,40-42,50-52,55-56,60-62,64-86H2,1-4H3,(H,99,100)(H,101,102)/b13-9-,14-10-,15-11-,16-12-,25-21-,26-22-,27-23-,28-24-,37-33-,38-34-,39-35-,46-43-,47-44-,48-45-,49-36-,57-53-,58-54-,63-59-. The average Bonchev–Trinajstić information content (AvgIpc) is 0.898. The number of aliphatic hydroxyl groups excluding tert-OH is 1. The van der Waals surface area contributed by atoms with Gasteiger partial charge in [0, 0.05) is 25.7 Å². The molecule has 0 fully saturated rings. The summed E-state index contributed by atoms with van der Waals surface area (Å²) in [5.74, 6) is -2.34. The van der Waals surface area contributed by atoms with Crippen molar-refractivity contribution < 1.29 is 80.2 Å². The Balaban J connectivity index is 5.52. The van der Waals surface area contributed by atoms with Crippen LogP contribution in [0.2, 0.25) is 0 Å². The molecule has 630 valence electrons. The van der Waals surface area contributed by atoms with Crippen LogP contribution in [-0.2, 0) is 65.4 Å². The maximum atomic E-state index is 13.1. The Labute approximate surface area is 677 Å². The van der Waals surface area contributed by atoms with Crippen molar-refractivity contribution in [1.82, 2.24) is 0 Å². The first kappa shape index (κ1) is 105. The predicted octanol–water partition coefficient (Wildman–Crippen LogP) is 25.2. The minimum absolute atomic E-state index is 0.0247. The zero-order valence-corrected chi connectivity index (χ0v) is 70.8. The first-order valence-electron chi connectivity index (χ1n) is 42.0. The third kappa shape index (κ3) is 81.4. The van der Waals surface area contributed by atoms with Gasteiger partial charge in [-0.2, -0.15) is 0 Å². The van der Waals surface area contributed by atoms with Gasteiger partial charge >= 0.3 is 39.5 Å². The van der Waals surface area contributed by atoms with Crippen molar-refractivity contribution in [2.24, 2.45) is 0 Å². The molecule has 0 rings (SSSR count). The molecule has 0 aliphatic carbocycles. The fraction of sp³-hybridized carbons (Fsp3) is 0.570. The van der Waals surface area contributed by atoms with Crippen LogP contribution in [0.5, 0.6) is 0 Å². The lowest BCUT2D eigenvalue weighted by Crippen LogP contribution is -2.30. The molecule has 0 aliphatic heterocycles. The van der Waals surface area contributed by atoms with Crippen molar-refractivity contribution in [3.63, 3.8) is 0 Å². The van der Waals surface area contributed by atoms with Gasteiger partial charge in [0.05, 0.1) is 26.4 Å². The molecule has 5 unspecified atom stereocenters. The molecule has 0 spiro atoms. The molecule has 0 bridgehead atoms. The smallest absolute Gasteiger partial charge is 0.462 e. The number of carbonyl (C=O) groups is 4. The molecular formula is C93H146O17P2. The molecule has 0 heterocycles. The third-order valence-electron chi connectivity index (χ3n) is 16.4. The highest BCUT2D eigenvalue weighted by atomic mass is 31.2. The van der Waals surface area contributed by atoms with Gasteiger partial charge in [-0.1, -0.05) is 285 Å². The van der Waals surface area contributed by atoms with E-state index in [1.807, 2.05) is 0 Å². The summed E-state index contributed by atoms with van der Waals surface area (Å²) in [7, 11) is -10.0. The largest absolute Gasteiger partial charge is 0.472 e. The van der Waals surface area contributed by atoms with Crippen LogP contribution in [0.1, 0.15) is 285 Å². The van der Waals surface area contributed by atoms with E-state index in [0.29, 0.717) is 32.1 Å². The summed E-state index contributed by atoms with van der Waals surface area (Å²) in [6, 6.07) is 0. The SMILES string of the molecule is CC/C=C\C/C=C\C/C=C\C/C=C\C/C=C\CCCCCC(=O)OCC(COP(=O)(O)OCC(O)COP(=O)(O)OCC(COC(=O)CCCCC/C=C\C/C=C\C/C=C\C/C=C\C/C=C\CC)OC(=O)CCCCCCCC/C=C\C/C=C\C/C=C\C/C=C\CC)OC(=O)CCCC/C=C\C/C=C\C/C=C\C/C=C\CC. The Morgan fingerprint density at radius 3 is 0.696 bits per heavy atom. The van der Waals surface area contributed by atoms with E-state index in [1.165, 1.54) is 0 Å². The Kier molecular flexibility index (Phi) is 77.5. The molecule has 0 saturated carbocycles. The van der Waals surface area contributed by atoms with Crippen LogP contribution in [0.4, 0.5) is 0 Å². The summed E-state index contributed by atoms with van der Waals surface area (Å²) in [5.41, 5.74) is 0. The quantitative estimate of drug-likeness (QED) is 0.0169. The summed E-state index contributed by atoms with van der Waals surface area (Å²) in [4.78, 5) is 73.3. The molecule has 0 amide bonds. The van der Waals surface area contributed by atoms with E-state index in [1.54, 1.807) is 0 Å². The van der Waals surface area contributed by atoms with Crippen LogP contribution in [0.3, 0.4) is 0 Å². The van der Waals surface area contributed by atoms with Crippen molar-refractivity contribution >= 4 is 39.5 Å². The van der Waals surface area contributed by atoms with Crippen molar-refractivity contribution in [1.29, 1.82) is 0 Å². The molecule has 0 aromatic rings. The monoisotopic (exact) mass is 1600 g/mol. The lowest BCUT2D eigenvalue weighted by Gasteiger charge is -2.21. The number of rotatable bonds is 76. The van der Waals surface area contributed by atoms with E-state index in [2.05, 4.69) is 246 Å². The minimum Gasteiger partial charge on any atom is -0.462 e. The van der Waals surface area contributed by atoms with Crippen LogP contribution in [0.25, 0.3) is 0 Å². The summed E-state index contributed by atoms with van der Waals surface area (Å²) < 4.78 is 68.7. The van der Waals surface area contributed by atoms with Gasteiger partial charge in [0.2, 0.25) is 0 Å². The van der Waals surface area contributed by atoms with E-state index in [0.717, 1.165) is 199 Å². The van der Waals surface area contributed by atoms with Crippen molar-refractivity contribution in [3.8, 4) is 0 Å². The van der Waals surface area contributed by atoms with Crippen LogP contribution in [-0.4, -0.2) is 96.7 Å². The van der Waals surface area contributed by atoms with Crippen molar-refractivity contribution in [3.05, 3.63) is 219 Å². The number of hydrogen-bond donors (Lipinski definition) is 3. The van der Waals surface area contributed by atoms with E-state index in [9.17, 15) is 43.2 Å². The summed E-state index contributed by atoms with van der Waals surface area (Å²) >= 11 is 0. The number of unbranched alkanes of at least 4 members (excludes halogenated alkanes) is 14. The van der Waals surface area contributed by atoms with Crippen LogP contribution in [0, 0.1) is 0 Å². The highest BCUT2D eigenvalue weighted by Gasteiger charge is 2.30. The maximum absolute atomic E-state index is 13.1. The van der Waals surface area contributed by atoms with Gasteiger partial charge in [0.15, 0.2) is 12.2 Å². The van der Waals surface area contributed by atoms with Gasteiger partial charge in [-0.05, 0) is 193 Å². The number of aliphatic hydroxyl groups is 1. The van der Waals surface area contributed by atoms with Gasteiger partial charge in [0.1, 0.15) is 19.3 Å². The Hall–Kier alpha value is -6.62. The highest BCUT2D eigenvalue weighted by Crippen LogP contribution is 2.45. The fourth-order valence-corrected chi connectivity index (χ4v) is 11.8. The van der Waals surface area contributed by atoms with E-state index in [-0.39, 0.29) is 25.7 Å². The molecule has 0 aliphatic rings.